The second-order valence-electron chi connectivity index (χ2n) is 7.50. The molecule has 29 heavy (non-hydrogen) atoms. The average Bonchev–Trinajstić information content (AvgIpc) is 3.51. The smallest absolute Gasteiger partial charge is 0.305 e. The van der Waals surface area contributed by atoms with Crippen LogP contribution < -0.4 is 11.1 Å². The van der Waals surface area contributed by atoms with Crippen LogP contribution in [-0.4, -0.2) is 77.4 Å². The number of rotatable bonds is 8. The molecule has 0 spiro atoms. The molecule has 4 N–H and O–H groups in total. The van der Waals surface area contributed by atoms with Gasteiger partial charge < -0.3 is 20.6 Å². The second kappa shape index (κ2) is 9.04. The number of hydrogen-bond acceptors (Lipinski definition) is 5. The fourth-order valence-electron chi connectivity index (χ4n) is 3.72. The molecule has 1 aliphatic heterocycles. The fraction of sp³-hybridized carbons (Fsp3) is 0.500. The third-order valence-electron chi connectivity index (χ3n) is 5.50. The minimum Gasteiger partial charge on any atom is -0.481 e. The summed E-state index contributed by atoms with van der Waals surface area (Å²) in [4.78, 5) is 50.5. The Labute approximate surface area is 168 Å². The monoisotopic (exact) mass is 402 g/mol. The Kier molecular flexibility index (Phi) is 6.48. The highest BCUT2D eigenvalue weighted by molar-refractivity contribution is 5.86. The van der Waals surface area contributed by atoms with Gasteiger partial charge in [-0.15, -0.1) is 0 Å². The van der Waals surface area contributed by atoms with Crippen LogP contribution in [0.4, 0.5) is 0 Å². The number of carbonyl (C=O) groups excluding carboxylic acids is 3. The topological polar surface area (TPSA) is 133 Å². The van der Waals surface area contributed by atoms with Gasteiger partial charge in [-0.3, -0.25) is 24.5 Å². The molecule has 0 unspecified atom stereocenters. The molecule has 3 amide bonds. The van der Waals surface area contributed by atoms with Gasteiger partial charge in [0.1, 0.15) is 0 Å². The van der Waals surface area contributed by atoms with Crippen LogP contribution in [-0.2, 0) is 19.2 Å². The number of benzene rings is 1. The van der Waals surface area contributed by atoms with Gasteiger partial charge in [-0.25, -0.2) is 0 Å². The molecule has 0 radical (unpaired) electrons. The molecule has 0 bridgehead atoms. The van der Waals surface area contributed by atoms with Gasteiger partial charge in [0.2, 0.25) is 17.7 Å². The van der Waals surface area contributed by atoms with E-state index in [0.29, 0.717) is 26.2 Å². The molecule has 9 heteroatoms. The Morgan fingerprint density at radius 1 is 1.07 bits per heavy atom. The highest BCUT2D eigenvalue weighted by atomic mass is 16.4. The van der Waals surface area contributed by atoms with Gasteiger partial charge >= 0.3 is 5.97 Å². The van der Waals surface area contributed by atoms with Crippen LogP contribution in [0, 0.1) is 5.92 Å². The molecule has 0 aromatic heterocycles. The van der Waals surface area contributed by atoms with E-state index in [1.54, 1.807) is 4.90 Å². The molecule has 3 rings (SSSR count). The van der Waals surface area contributed by atoms with E-state index in [9.17, 15) is 19.2 Å². The van der Waals surface area contributed by atoms with E-state index in [1.807, 2.05) is 35.2 Å². The molecule has 1 heterocycles. The van der Waals surface area contributed by atoms with E-state index in [-0.39, 0.29) is 30.2 Å². The van der Waals surface area contributed by atoms with Crippen molar-refractivity contribution in [1.82, 2.24) is 15.1 Å². The third-order valence-corrected chi connectivity index (χ3v) is 5.50. The van der Waals surface area contributed by atoms with Crippen LogP contribution in [0.1, 0.15) is 24.3 Å². The predicted octanol–water partition coefficient (Wildman–Crippen LogP) is -0.621. The van der Waals surface area contributed by atoms with Gasteiger partial charge in [0.05, 0.1) is 19.0 Å². The van der Waals surface area contributed by atoms with E-state index >= 15 is 0 Å². The average molecular weight is 402 g/mol. The van der Waals surface area contributed by atoms with E-state index < -0.39 is 24.3 Å². The molecule has 1 saturated carbocycles. The molecule has 156 valence electrons. The Morgan fingerprint density at radius 2 is 1.69 bits per heavy atom. The number of carboxylic acids is 1. The molecule has 9 nitrogen and oxygen atoms in total. The van der Waals surface area contributed by atoms with E-state index in [4.69, 9.17) is 10.8 Å². The molecular formula is C20H26N4O5. The quantitative estimate of drug-likeness (QED) is 0.531. The number of piperazine rings is 1. The van der Waals surface area contributed by atoms with Gasteiger partial charge in [-0.1, -0.05) is 30.3 Å². The van der Waals surface area contributed by atoms with E-state index in [1.165, 1.54) is 5.56 Å². The first-order chi connectivity index (χ1) is 13.9. The third kappa shape index (κ3) is 5.32. The fourth-order valence-corrected chi connectivity index (χ4v) is 3.72. The Balaban J connectivity index is 1.43. The van der Waals surface area contributed by atoms with Crippen LogP contribution >= 0.6 is 0 Å². The normalized spacial score (nSPS) is 22.1. The van der Waals surface area contributed by atoms with Crippen molar-refractivity contribution in [3.63, 3.8) is 0 Å². The summed E-state index contributed by atoms with van der Waals surface area (Å²) in [6, 6.07) is 8.92. The highest BCUT2D eigenvalue weighted by Gasteiger charge is 2.46. The maximum atomic E-state index is 12.7. The second-order valence-corrected chi connectivity index (χ2v) is 7.50. The van der Waals surface area contributed by atoms with Crippen molar-refractivity contribution >= 4 is 23.7 Å². The Bertz CT molecular complexity index is 776. The molecule has 3 atom stereocenters. The number of amides is 3. The molecule has 1 saturated heterocycles. The minimum absolute atomic E-state index is 0.0219. The molecular weight excluding hydrogens is 376 g/mol. The number of carbonyl (C=O) groups is 4. The van der Waals surface area contributed by atoms with Crippen LogP contribution in [0.25, 0.3) is 0 Å². The zero-order chi connectivity index (χ0) is 21.0. The maximum absolute atomic E-state index is 12.7. The number of primary amides is 1. The zero-order valence-electron chi connectivity index (χ0n) is 16.1. The molecule has 2 aliphatic rings. The predicted molar refractivity (Wildman–Crippen MR) is 104 cm³/mol. The Hall–Kier alpha value is -2.94. The van der Waals surface area contributed by atoms with Crippen molar-refractivity contribution in [1.29, 1.82) is 0 Å². The Morgan fingerprint density at radius 3 is 2.28 bits per heavy atom. The number of carboxylic acid groups (broad SMARTS) is 1. The lowest BCUT2D eigenvalue weighted by molar-refractivity contribution is -0.141. The molecule has 2 fully saturated rings. The van der Waals surface area contributed by atoms with Crippen molar-refractivity contribution in [3.8, 4) is 0 Å². The van der Waals surface area contributed by atoms with Crippen molar-refractivity contribution in [2.75, 3.05) is 32.7 Å². The summed E-state index contributed by atoms with van der Waals surface area (Å²) in [6.07, 6.45) is 0.388. The van der Waals surface area contributed by atoms with E-state index in [0.717, 1.165) is 6.42 Å². The molecule has 1 aromatic rings. The van der Waals surface area contributed by atoms with Crippen LogP contribution in [0.3, 0.4) is 0 Å². The lowest BCUT2D eigenvalue weighted by atomic mass is 10.1. The first-order valence-electron chi connectivity index (χ1n) is 9.73. The zero-order valence-corrected chi connectivity index (χ0v) is 16.1. The number of hydrogen-bond donors (Lipinski definition) is 3. The van der Waals surface area contributed by atoms with Gasteiger partial charge in [0.25, 0.3) is 0 Å². The first kappa shape index (κ1) is 20.8. The minimum atomic E-state index is -1.17. The summed E-state index contributed by atoms with van der Waals surface area (Å²) >= 11 is 0. The number of nitrogens with two attached hydrogens (primary N) is 1. The van der Waals surface area contributed by atoms with Gasteiger partial charge in [-0.2, -0.15) is 0 Å². The van der Waals surface area contributed by atoms with Crippen LogP contribution in [0.15, 0.2) is 30.3 Å². The SMILES string of the molecule is NC(=O)[C@H](CC(=O)O)NCC(=O)N1CCN(C(=O)[C@@H]2C[C@H]2c2ccccc2)CC1. The molecule has 1 aromatic carbocycles. The van der Waals surface area contributed by atoms with Crippen LogP contribution in [0.5, 0.6) is 0 Å². The summed E-state index contributed by atoms with van der Waals surface area (Å²) in [5.74, 6) is -1.79. The standard InChI is InChI=1S/C20H26N4O5/c21-19(28)16(11-18(26)27)22-12-17(25)23-6-8-24(9-7-23)20(29)15-10-14(15)13-4-2-1-3-5-13/h1-5,14-16,22H,6-12H2,(H2,21,28)(H,26,27)/t14-,15+,16-/m0/s1. The van der Waals surface area contributed by atoms with Crippen molar-refractivity contribution in [3.05, 3.63) is 35.9 Å². The number of nitrogens with one attached hydrogen (secondary N) is 1. The van der Waals surface area contributed by atoms with Crippen molar-refractivity contribution in [2.45, 2.75) is 24.8 Å². The van der Waals surface area contributed by atoms with Gasteiger partial charge in [-0.05, 0) is 17.9 Å². The molecule has 1 aliphatic carbocycles. The number of nitrogens with zero attached hydrogens (tertiary/aromatic N) is 2. The largest absolute Gasteiger partial charge is 0.481 e. The van der Waals surface area contributed by atoms with Crippen molar-refractivity contribution < 1.29 is 24.3 Å². The lowest BCUT2D eigenvalue weighted by Crippen LogP contribution is -2.54. The van der Waals surface area contributed by atoms with E-state index in [2.05, 4.69) is 5.32 Å². The summed E-state index contributed by atoms with van der Waals surface area (Å²) in [5.41, 5.74) is 6.35. The highest BCUT2D eigenvalue weighted by Crippen LogP contribution is 2.48. The lowest BCUT2D eigenvalue weighted by Gasteiger charge is -2.35. The summed E-state index contributed by atoms with van der Waals surface area (Å²) in [6.45, 7) is 1.59. The summed E-state index contributed by atoms with van der Waals surface area (Å²) < 4.78 is 0. The first-order valence-corrected chi connectivity index (χ1v) is 9.73. The van der Waals surface area contributed by atoms with Gasteiger partial charge in [0, 0.05) is 32.1 Å². The maximum Gasteiger partial charge on any atom is 0.305 e. The number of aliphatic carboxylic acids is 1. The summed E-state index contributed by atoms with van der Waals surface area (Å²) in [5, 5.41) is 11.4. The van der Waals surface area contributed by atoms with Gasteiger partial charge in [0.15, 0.2) is 0 Å². The van der Waals surface area contributed by atoms with Crippen molar-refractivity contribution in [2.24, 2.45) is 11.7 Å². The van der Waals surface area contributed by atoms with Crippen LogP contribution in [0.2, 0.25) is 0 Å². The summed E-state index contributed by atoms with van der Waals surface area (Å²) in [7, 11) is 0.